The van der Waals surface area contributed by atoms with Gasteiger partial charge in [0.1, 0.15) is 0 Å². The molecule has 9 heteroatoms. The van der Waals surface area contributed by atoms with Gasteiger partial charge in [-0.2, -0.15) is 13.2 Å². The summed E-state index contributed by atoms with van der Waals surface area (Å²) in [6.45, 7) is 5.34. The van der Waals surface area contributed by atoms with E-state index in [1.807, 2.05) is 30.3 Å². The first kappa shape index (κ1) is 21.5. The molecule has 1 fully saturated rings. The van der Waals surface area contributed by atoms with E-state index in [9.17, 15) is 22.8 Å². The standard InChI is InChI=1S/C21H23F3N4O2/c1-20(2,3)28-18(29)26-17(25-16-11-7-10-15(12-16)21(22,23)24)27(19(28)30)13-14-8-5-4-6-9-14/h4-12,17,25H,13H2,1-3H3,(H,26,29). The van der Waals surface area contributed by atoms with Crippen LogP contribution in [-0.4, -0.2) is 33.7 Å². The Morgan fingerprint density at radius 2 is 1.67 bits per heavy atom. The number of imide groups is 1. The third-order valence-corrected chi connectivity index (χ3v) is 4.57. The summed E-state index contributed by atoms with van der Waals surface area (Å²) < 4.78 is 39.1. The number of anilines is 1. The predicted molar refractivity (Wildman–Crippen MR) is 106 cm³/mol. The molecule has 1 aliphatic rings. The van der Waals surface area contributed by atoms with Gasteiger partial charge in [-0.3, -0.25) is 10.2 Å². The summed E-state index contributed by atoms with van der Waals surface area (Å²) in [4.78, 5) is 28.3. The average Bonchev–Trinajstić information content (AvgIpc) is 2.64. The van der Waals surface area contributed by atoms with Crippen LogP contribution in [0.2, 0.25) is 0 Å². The Morgan fingerprint density at radius 1 is 1.00 bits per heavy atom. The molecule has 0 spiro atoms. The van der Waals surface area contributed by atoms with Gasteiger partial charge in [0.15, 0.2) is 6.29 Å². The highest BCUT2D eigenvalue weighted by Crippen LogP contribution is 2.31. The Kier molecular flexibility index (Phi) is 5.65. The van der Waals surface area contributed by atoms with Gasteiger partial charge >= 0.3 is 18.2 Å². The van der Waals surface area contributed by atoms with Crippen molar-refractivity contribution in [2.24, 2.45) is 0 Å². The summed E-state index contributed by atoms with van der Waals surface area (Å²) in [5.41, 5.74) is -0.666. The SMILES string of the molecule is CC(C)(C)N1C(=O)NC(Nc2cccc(C(F)(F)F)c2)N(Cc2ccccc2)C1=O. The second kappa shape index (κ2) is 7.89. The van der Waals surface area contributed by atoms with E-state index in [2.05, 4.69) is 10.6 Å². The first-order valence-electron chi connectivity index (χ1n) is 9.36. The Balaban J connectivity index is 1.92. The Morgan fingerprint density at radius 3 is 2.27 bits per heavy atom. The van der Waals surface area contributed by atoms with Crippen LogP contribution in [0, 0.1) is 0 Å². The first-order chi connectivity index (χ1) is 14.0. The molecule has 1 saturated heterocycles. The fraction of sp³-hybridized carbons (Fsp3) is 0.333. The maximum Gasteiger partial charge on any atom is 0.416 e. The molecular weight excluding hydrogens is 397 g/mol. The van der Waals surface area contributed by atoms with Gasteiger partial charge in [-0.05, 0) is 44.5 Å². The minimum atomic E-state index is -4.50. The third kappa shape index (κ3) is 4.67. The third-order valence-electron chi connectivity index (χ3n) is 4.57. The normalized spacial score (nSPS) is 17.7. The van der Waals surface area contributed by atoms with Crippen LogP contribution < -0.4 is 10.6 Å². The topological polar surface area (TPSA) is 64.7 Å². The van der Waals surface area contributed by atoms with Crippen LogP contribution in [0.4, 0.5) is 28.4 Å². The smallest absolute Gasteiger partial charge is 0.348 e. The lowest BCUT2D eigenvalue weighted by Crippen LogP contribution is -2.70. The van der Waals surface area contributed by atoms with Crippen molar-refractivity contribution in [2.75, 3.05) is 5.32 Å². The molecule has 4 amide bonds. The number of nitrogens with one attached hydrogen (secondary N) is 2. The molecule has 0 saturated carbocycles. The summed E-state index contributed by atoms with van der Waals surface area (Å²) in [5, 5.41) is 5.52. The molecule has 1 heterocycles. The summed E-state index contributed by atoms with van der Waals surface area (Å²) in [6.07, 6.45) is -5.52. The molecule has 1 unspecified atom stereocenters. The van der Waals surface area contributed by atoms with Crippen molar-refractivity contribution in [1.29, 1.82) is 0 Å². The fourth-order valence-corrected chi connectivity index (χ4v) is 3.17. The highest BCUT2D eigenvalue weighted by Gasteiger charge is 2.43. The van der Waals surface area contributed by atoms with Crippen LogP contribution in [0.1, 0.15) is 31.9 Å². The number of halogens is 3. The largest absolute Gasteiger partial charge is 0.416 e. The number of urea groups is 2. The van der Waals surface area contributed by atoms with E-state index in [-0.39, 0.29) is 12.2 Å². The molecule has 1 aliphatic heterocycles. The number of rotatable bonds is 4. The van der Waals surface area contributed by atoms with Crippen LogP contribution in [-0.2, 0) is 12.7 Å². The average molecular weight is 420 g/mol. The molecule has 0 bridgehead atoms. The molecule has 2 N–H and O–H groups in total. The minimum Gasteiger partial charge on any atom is -0.348 e. The number of benzene rings is 2. The van der Waals surface area contributed by atoms with E-state index in [1.165, 1.54) is 17.0 Å². The lowest BCUT2D eigenvalue weighted by atomic mass is 10.1. The van der Waals surface area contributed by atoms with E-state index in [0.717, 1.165) is 22.6 Å². The molecule has 2 aromatic carbocycles. The minimum absolute atomic E-state index is 0.130. The highest BCUT2D eigenvalue weighted by molar-refractivity contribution is 5.97. The van der Waals surface area contributed by atoms with Crippen LogP contribution in [0.15, 0.2) is 54.6 Å². The maximum atomic E-state index is 13.2. The lowest BCUT2D eigenvalue weighted by molar-refractivity contribution is -0.137. The molecule has 0 aliphatic carbocycles. The molecule has 1 atom stereocenters. The lowest BCUT2D eigenvalue weighted by Gasteiger charge is -2.45. The molecule has 160 valence electrons. The second-order valence-corrected chi connectivity index (χ2v) is 7.98. The zero-order valence-electron chi connectivity index (χ0n) is 16.8. The van der Waals surface area contributed by atoms with Gasteiger partial charge in [0.25, 0.3) is 0 Å². The van der Waals surface area contributed by atoms with E-state index in [1.54, 1.807) is 20.8 Å². The number of carbonyl (C=O) groups is 2. The maximum absolute atomic E-state index is 13.2. The molecule has 0 aromatic heterocycles. The van der Waals surface area contributed by atoms with Crippen LogP contribution >= 0.6 is 0 Å². The number of nitrogens with zero attached hydrogens (tertiary/aromatic N) is 2. The van der Waals surface area contributed by atoms with Crippen molar-refractivity contribution >= 4 is 17.7 Å². The van der Waals surface area contributed by atoms with Crippen molar-refractivity contribution < 1.29 is 22.8 Å². The molecule has 2 aromatic rings. The Bertz CT molecular complexity index is 926. The van der Waals surface area contributed by atoms with E-state index < -0.39 is 35.6 Å². The zero-order valence-corrected chi connectivity index (χ0v) is 16.8. The summed E-state index contributed by atoms with van der Waals surface area (Å²) in [5.74, 6) is 0. The highest BCUT2D eigenvalue weighted by atomic mass is 19.4. The Hall–Kier alpha value is -3.23. The second-order valence-electron chi connectivity index (χ2n) is 7.98. The van der Waals surface area contributed by atoms with Gasteiger partial charge < -0.3 is 5.32 Å². The van der Waals surface area contributed by atoms with E-state index >= 15 is 0 Å². The first-order valence-corrected chi connectivity index (χ1v) is 9.36. The van der Waals surface area contributed by atoms with E-state index in [4.69, 9.17) is 0 Å². The number of alkyl halides is 3. The van der Waals surface area contributed by atoms with Crippen molar-refractivity contribution in [3.05, 3.63) is 65.7 Å². The van der Waals surface area contributed by atoms with Crippen LogP contribution in [0.25, 0.3) is 0 Å². The number of hydrogen-bond donors (Lipinski definition) is 2. The predicted octanol–water partition coefficient (Wildman–Crippen LogP) is 4.85. The molecule has 30 heavy (non-hydrogen) atoms. The van der Waals surface area contributed by atoms with Crippen LogP contribution in [0.5, 0.6) is 0 Å². The fourth-order valence-electron chi connectivity index (χ4n) is 3.17. The summed E-state index contributed by atoms with van der Waals surface area (Å²) in [6, 6.07) is 12.6. The van der Waals surface area contributed by atoms with Crippen molar-refractivity contribution in [3.8, 4) is 0 Å². The van der Waals surface area contributed by atoms with Gasteiger partial charge in [-0.1, -0.05) is 36.4 Å². The molecule has 0 radical (unpaired) electrons. The summed E-state index contributed by atoms with van der Waals surface area (Å²) in [7, 11) is 0. The van der Waals surface area contributed by atoms with Gasteiger partial charge in [0.05, 0.1) is 12.1 Å². The number of hydrogen-bond acceptors (Lipinski definition) is 3. The van der Waals surface area contributed by atoms with Gasteiger partial charge in [0, 0.05) is 11.2 Å². The molecular formula is C21H23F3N4O2. The zero-order chi connectivity index (χ0) is 22.1. The monoisotopic (exact) mass is 420 g/mol. The van der Waals surface area contributed by atoms with Gasteiger partial charge in [-0.15, -0.1) is 0 Å². The Labute approximate surface area is 172 Å². The summed E-state index contributed by atoms with van der Waals surface area (Å²) >= 11 is 0. The van der Waals surface area contributed by atoms with Crippen molar-refractivity contribution in [3.63, 3.8) is 0 Å². The molecule has 3 rings (SSSR count). The number of carbonyl (C=O) groups excluding carboxylic acids is 2. The quantitative estimate of drug-likeness (QED) is 0.744. The van der Waals surface area contributed by atoms with Gasteiger partial charge in [0.2, 0.25) is 0 Å². The van der Waals surface area contributed by atoms with Crippen molar-refractivity contribution in [2.45, 2.75) is 45.3 Å². The van der Waals surface area contributed by atoms with Gasteiger partial charge in [-0.25, -0.2) is 14.5 Å². The van der Waals surface area contributed by atoms with Crippen LogP contribution in [0.3, 0.4) is 0 Å². The van der Waals surface area contributed by atoms with Crippen molar-refractivity contribution in [1.82, 2.24) is 15.1 Å². The number of amides is 4. The van der Waals surface area contributed by atoms with E-state index in [0.29, 0.717) is 0 Å². The molecule has 6 nitrogen and oxygen atoms in total.